The fraction of sp³-hybridized carbons (Fsp3) is 0.581. The van der Waals surface area contributed by atoms with E-state index in [1.165, 1.54) is 43.3 Å². The molecule has 2 aromatic carbocycles. The van der Waals surface area contributed by atoms with E-state index in [1.807, 2.05) is 60.7 Å². The molecule has 2 bridgehead atoms. The van der Waals surface area contributed by atoms with E-state index in [0.717, 1.165) is 42.1 Å². The summed E-state index contributed by atoms with van der Waals surface area (Å²) in [7, 11) is -2.19. The predicted octanol–water partition coefficient (Wildman–Crippen LogP) is 3.80. The van der Waals surface area contributed by atoms with Crippen LogP contribution in [0.15, 0.2) is 60.7 Å². The van der Waals surface area contributed by atoms with Gasteiger partial charge in [0.15, 0.2) is 8.32 Å². The van der Waals surface area contributed by atoms with E-state index in [0.29, 0.717) is 12.1 Å². The quantitative estimate of drug-likeness (QED) is 0.275. The summed E-state index contributed by atoms with van der Waals surface area (Å²) in [6.45, 7) is 9.33. The first-order valence-corrected chi connectivity index (χ1v) is 16.9. The molecular formula is C31H44ClNO3Si. The fourth-order valence-electron chi connectivity index (χ4n) is 7.74. The van der Waals surface area contributed by atoms with Crippen LogP contribution in [0, 0.1) is 0 Å². The van der Waals surface area contributed by atoms with E-state index in [4.69, 9.17) is 9.16 Å². The third kappa shape index (κ3) is 4.93. The largest absolute Gasteiger partial charge is 1.00 e. The summed E-state index contributed by atoms with van der Waals surface area (Å²) in [5.41, 5.74) is 0.540. The molecule has 5 rings (SSSR count). The van der Waals surface area contributed by atoms with Crippen molar-refractivity contribution >= 4 is 14.3 Å². The summed E-state index contributed by atoms with van der Waals surface area (Å²) in [4.78, 5) is 14.6. The van der Waals surface area contributed by atoms with Gasteiger partial charge >= 0.3 is 5.97 Å². The molecule has 1 spiro atoms. The molecule has 3 fully saturated rings. The number of halogens is 1. The molecule has 0 N–H and O–H groups in total. The number of rotatable bonds is 9. The SMILES string of the molecule is CC[Si](CC)(CC)OC(C(=O)OC1CC2CCC(C1)[N+]21CCCC1)(c1ccccc1)c1ccccc1.[Cl-]. The van der Waals surface area contributed by atoms with Crippen LogP contribution in [-0.4, -0.2) is 50.0 Å². The maximum absolute atomic E-state index is 14.6. The average molecular weight is 542 g/mol. The molecule has 3 aliphatic rings. The molecule has 2 atom stereocenters. The van der Waals surface area contributed by atoms with Crippen LogP contribution in [0.1, 0.15) is 70.4 Å². The van der Waals surface area contributed by atoms with Crippen LogP contribution in [0.25, 0.3) is 0 Å². The molecule has 0 aliphatic carbocycles. The number of benzene rings is 2. The second-order valence-corrected chi connectivity index (χ2v) is 16.1. The maximum Gasteiger partial charge on any atom is 0.347 e. The first kappa shape index (κ1) is 28.3. The van der Waals surface area contributed by atoms with E-state index in [9.17, 15) is 4.79 Å². The van der Waals surface area contributed by atoms with Gasteiger partial charge in [0.05, 0.1) is 25.2 Å². The Bertz CT molecular complexity index is 959. The van der Waals surface area contributed by atoms with Crippen LogP contribution < -0.4 is 12.4 Å². The number of quaternary nitrogens is 1. The third-order valence-corrected chi connectivity index (χ3v) is 14.6. The van der Waals surface area contributed by atoms with Crippen LogP contribution in [0.2, 0.25) is 18.1 Å². The number of carbonyl (C=O) groups is 1. The molecule has 3 saturated heterocycles. The molecular weight excluding hydrogens is 498 g/mol. The van der Waals surface area contributed by atoms with Crippen molar-refractivity contribution in [2.24, 2.45) is 0 Å². The van der Waals surface area contributed by atoms with Crippen molar-refractivity contribution in [3.63, 3.8) is 0 Å². The van der Waals surface area contributed by atoms with Crippen molar-refractivity contribution in [3.05, 3.63) is 71.8 Å². The van der Waals surface area contributed by atoms with E-state index in [-0.39, 0.29) is 24.5 Å². The van der Waals surface area contributed by atoms with Gasteiger partial charge in [0.25, 0.3) is 0 Å². The number of hydrogen-bond acceptors (Lipinski definition) is 3. The monoisotopic (exact) mass is 541 g/mol. The normalized spacial score (nSPS) is 24.6. The van der Waals surface area contributed by atoms with Crippen LogP contribution in [0.4, 0.5) is 0 Å². The molecule has 0 radical (unpaired) electrons. The molecule has 3 aliphatic heterocycles. The van der Waals surface area contributed by atoms with Crippen molar-refractivity contribution in [2.75, 3.05) is 13.1 Å². The van der Waals surface area contributed by atoms with Gasteiger partial charge in [-0.2, -0.15) is 0 Å². The summed E-state index contributed by atoms with van der Waals surface area (Å²) < 4.78 is 15.2. The average Bonchev–Trinajstić information content (AvgIpc) is 3.47. The number of carbonyl (C=O) groups excluding carboxylic acids is 1. The molecule has 37 heavy (non-hydrogen) atoms. The van der Waals surface area contributed by atoms with Gasteiger partial charge in [-0.05, 0) is 29.3 Å². The van der Waals surface area contributed by atoms with Crippen LogP contribution in [-0.2, 0) is 19.6 Å². The zero-order valence-electron chi connectivity index (χ0n) is 22.8. The Morgan fingerprint density at radius 3 is 1.73 bits per heavy atom. The lowest BCUT2D eigenvalue weighted by molar-refractivity contribution is -0.956. The Morgan fingerprint density at radius 2 is 1.30 bits per heavy atom. The molecule has 0 saturated carbocycles. The molecule has 6 heteroatoms. The molecule has 0 amide bonds. The number of piperidine rings is 1. The summed E-state index contributed by atoms with van der Waals surface area (Å²) in [5.74, 6) is -0.216. The third-order valence-electron chi connectivity index (χ3n) is 9.98. The van der Waals surface area contributed by atoms with Crippen molar-refractivity contribution in [1.29, 1.82) is 0 Å². The lowest BCUT2D eigenvalue weighted by Crippen LogP contribution is -3.00. The van der Waals surface area contributed by atoms with E-state index in [2.05, 4.69) is 20.8 Å². The Labute approximate surface area is 230 Å². The zero-order chi connectivity index (χ0) is 25.2. The number of ether oxygens (including phenoxy) is 1. The smallest absolute Gasteiger partial charge is 0.347 e. The summed E-state index contributed by atoms with van der Waals surface area (Å²) in [6.07, 6.45) is 7.27. The minimum Gasteiger partial charge on any atom is -1.00 e. The van der Waals surface area contributed by atoms with Crippen molar-refractivity contribution in [3.8, 4) is 0 Å². The Kier molecular flexibility index (Phi) is 8.89. The first-order valence-electron chi connectivity index (χ1n) is 14.4. The van der Waals surface area contributed by atoms with Gasteiger partial charge < -0.3 is 26.1 Å². The topological polar surface area (TPSA) is 35.5 Å². The zero-order valence-corrected chi connectivity index (χ0v) is 24.6. The van der Waals surface area contributed by atoms with Gasteiger partial charge in [-0.25, -0.2) is 4.79 Å². The van der Waals surface area contributed by atoms with Crippen molar-refractivity contribution in [1.82, 2.24) is 0 Å². The van der Waals surface area contributed by atoms with Gasteiger partial charge in [0.1, 0.15) is 6.10 Å². The second kappa shape index (κ2) is 11.6. The molecule has 3 heterocycles. The van der Waals surface area contributed by atoms with Crippen molar-refractivity contribution in [2.45, 2.75) is 101 Å². The molecule has 2 aromatic rings. The van der Waals surface area contributed by atoms with Gasteiger partial charge in [0, 0.05) is 38.5 Å². The van der Waals surface area contributed by atoms with E-state index in [1.54, 1.807) is 0 Å². The Hall–Kier alpha value is -1.66. The van der Waals surface area contributed by atoms with Gasteiger partial charge in [-0.3, -0.25) is 0 Å². The van der Waals surface area contributed by atoms with Gasteiger partial charge in [0.2, 0.25) is 5.60 Å². The maximum atomic E-state index is 14.6. The summed E-state index contributed by atoms with van der Waals surface area (Å²) in [5, 5.41) is 0. The predicted molar refractivity (Wildman–Crippen MR) is 147 cm³/mol. The van der Waals surface area contributed by atoms with Gasteiger partial charge in [-0.15, -0.1) is 0 Å². The highest BCUT2D eigenvalue weighted by Gasteiger charge is 2.57. The van der Waals surface area contributed by atoms with E-state index >= 15 is 0 Å². The lowest BCUT2D eigenvalue weighted by atomic mass is 9.86. The summed E-state index contributed by atoms with van der Waals surface area (Å²) in [6, 6.07) is 24.5. The minimum atomic E-state index is -2.19. The van der Waals surface area contributed by atoms with Crippen LogP contribution in [0.5, 0.6) is 0 Å². The highest BCUT2D eigenvalue weighted by Crippen LogP contribution is 2.47. The van der Waals surface area contributed by atoms with Crippen LogP contribution in [0.3, 0.4) is 0 Å². The minimum absolute atomic E-state index is 0. The van der Waals surface area contributed by atoms with Gasteiger partial charge in [-0.1, -0.05) is 81.4 Å². The standard InChI is InChI=1S/C31H44NO3Si.ClH/c1-4-36(5-2,6-3)35-31(25-15-9-7-10-16-25,26-17-11-8-12-18-26)30(33)34-29-23-27-19-20-28(24-29)32(27)21-13-14-22-32;/h7-12,15-18,27-29H,4-6,13-14,19-24H2,1-3H3;1H/q+1;/p-1. The van der Waals surface area contributed by atoms with Crippen molar-refractivity contribution < 1.29 is 30.8 Å². The van der Waals surface area contributed by atoms with Crippen LogP contribution >= 0.6 is 0 Å². The molecule has 0 aromatic heterocycles. The molecule has 2 unspecified atom stereocenters. The fourth-order valence-corrected chi connectivity index (χ4v) is 10.6. The highest BCUT2D eigenvalue weighted by molar-refractivity contribution is 6.73. The first-order chi connectivity index (χ1) is 17.5. The Balaban J connectivity index is 0.00000320. The number of esters is 1. The summed E-state index contributed by atoms with van der Waals surface area (Å²) >= 11 is 0. The molecule has 202 valence electrons. The molecule has 4 nitrogen and oxygen atoms in total. The number of nitrogens with zero attached hydrogens (tertiary/aromatic N) is 1. The second-order valence-electron chi connectivity index (χ2n) is 11.4. The number of hydrogen-bond donors (Lipinski definition) is 0. The highest BCUT2D eigenvalue weighted by atomic mass is 35.5. The lowest BCUT2D eigenvalue weighted by Gasteiger charge is -2.47. The Morgan fingerprint density at radius 1 is 0.838 bits per heavy atom. The van der Waals surface area contributed by atoms with E-state index < -0.39 is 13.9 Å².